The SMILES string of the molecule is N#CC(CCCCCS(=O)(=O)O)c1ccccc1. The second kappa shape index (κ2) is 7.14. The first-order chi connectivity index (χ1) is 8.53. The molecule has 0 saturated heterocycles. The first-order valence-corrected chi connectivity index (χ1v) is 7.53. The Hall–Kier alpha value is -1.38. The molecule has 0 aliphatic rings. The van der Waals surface area contributed by atoms with Crippen LogP contribution in [-0.2, 0) is 10.1 Å². The summed E-state index contributed by atoms with van der Waals surface area (Å²) in [6.07, 6.45) is 2.63. The predicted octanol–water partition coefficient (Wildman–Crippen LogP) is 2.74. The van der Waals surface area contributed by atoms with Crippen molar-refractivity contribution in [3.05, 3.63) is 35.9 Å². The normalized spacial score (nSPS) is 12.9. The van der Waals surface area contributed by atoms with Crippen molar-refractivity contribution in [2.75, 3.05) is 5.75 Å². The summed E-state index contributed by atoms with van der Waals surface area (Å²) in [6, 6.07) is 11.8. The van der Waals surface area contributed by atoms with E-state index in [0.717, 1.165) is 12.0 Å². The Balaban J connectivity index is 2.32. The Labute approximate surface area is 108 Å². The number of nitriles is 1. The van der Waals surface area contributed by atoms with Crippen molar-refractivity contribution >= 4 is 10.1 Å². The minimum absolute atomic E-state index is 0.142. The number of hydrogen-bond acceptors (Lipinski definition) is 3. The zero-order chi connectivity index (χ0) is 13.4. The molecular weight excluding hydrogens is 250 g/mol. The maximum atomic E-state index is 10.5. The van der Waals surface area contributed by atoms with E-state index in [1.165, 1.54) is 0 Å². The highest BCUT2D eigenvalue weighted by Crippen LogP contribution is 2.21. The molecule has 98 valence electrons. The summed E-state index contributed by atoms with van der Waals surface area (Å²) >= 11 is 0. The van der Waals surface area contributed by atoms with Crippen LogP contribution in [0.3, 0.4) is 0 Å². The van der Waals surface area contributed by atoms with Crippen molar-refractivity contribution in [2.24, 2.45) is 0 Å². The minimum Gasteiger partial charge on any atom is -0.286 e. The van der Waals surface area contributed by atoms with E-state index >= 15 is 0 Å². The lowest BCUT2D eigenvalue weighted by Gasteiger charge is -2.08. The van der Waals surface area contributed by atoms with Gasteiger partial charge in [-0.3, -0.25) is 4.55 Å². The Morgan fingerprint density at radius 1 is 1.17 bits per heavy atom. The van der Waals surface area contributed by atoms with Crippen molar-refractivity contribution in [1.29, 1.82) is 5.26 Å². The molecule has 1 rings (SSSR count). The van der Waals surface area contributed by atoms with Crippen molar-refractivity contribution in [3.8, 4) is 6.07 Å². The molecule has 1 aromatic rings. The third-order valence-corrected chi connectivity index (χ3v) is 3.56. The number of rotatable bonds is 7. The van der Waals surface area contributed by atoms with Crippen molar-refractivity contribution in [2.45, 2.75) is 31.6 Å². The van der Waals surface area contributed by atoms with Gasteiger partial charge in [-0.1, -0.05) is 43.2 Å². The van der Waals surface area contributed by atoms with Crippen LogP contribution in [0.5, 0.6) is 0 Å². The van der Waals surface area contributed by atoms with Gasteiger partial charge in [0.05, 0.1) is 17.7 Å². The van der Waals surface area contributed by atoms with Gasteiger partial charge >= 0.3 is 0 Å². The highest BCUT2D eigenvalue weighted by molar-refractivity contribution is 7.85. The second-order valence-corrected chi connectivity index (χ2v) is 5.80. The molecule has 0 bridgehead atoms. The van der Waals surface area contributed by atoms with E-state index in [1.807, 2.05) is 30.3 Å². The highest BCUT2D eigenvalue weighted by Gasteiger charge is 2.10. The number of hydrogen-bond donors (Lipinski definition) is 1. The first kappa shape index (κ1) is 14.7. The molecular formula is C13H17NO3S. The molecule has 4 nitrogen and oxygen atoms in total. The molecule has 0 aliphatic heterocycles. The molecule has 1 aromatic carbocycles. The van der Waals surface area contributed by atoms with Gasteiger partial charge in [0.25, 0.3) is 10.1 Å². The van der Waals surface area contributed by atoms with E-state index in [1.54, 1.807) is 0 Å². The fourth-order valence-electron chi connectivity index (χ4n) is 1.80. The predicted molar refractivity (Wildman–Crippen MR) is 69.7 cm³/mol. The third kappa shape index (κ3) is 5.80. The molecule has 0 saturated carbocycles. The van der Waals surface area contributed by atoms with Crippen molar-refractivity contribution in [3.63, 3.8) is 0 Å². The summed E-state index contributed by atoms with van der Waals surface area (Å²) < 4.78 is 29.6. The standard InChI is InChI=1S/C13H17NO3S/c14-11-13(12-7-3-1-4-8-12)9-5-2-6-10-18(15,16)17/h1,3-4,7-8,13H,2,5-6,9-10H2,(H,15,16,17). The summed E-state index contributed by atoms with van der Waals surface area (Å²) in [7, 11) is -3.85. The lowest BCUT2D eigenvalue weighted by atomic mass is 9.95. The van der Waals surface area contributed by atoms with Gasteiger partial charge in [-0.25, -0.2) is 0 Å². The number of unbranched alkanes of at least 4 members (excludes halogenated alkanes) is 2. The molecule has 0 aromatic heterocycles. The average Bonchev–Trinajstić information content (AvgIpc) is 2.33. The van der Waals surface area contributed by atoms with Gasteiger partial charge < -0.3 is 0 Å². The summed E-state index contributed by atoms with van der Waals surface area (Å²) in [4.78, 5) is 0. The van der Waals surface area contributed by atoms with Gasteiger partial charge in [-0.05, 0) is 18.4 Å². The minimum atomic E-state index is -3.85. The molecule has 0 fully saturated rings. The lowest BCUT2D eigenvalue weighted by Crippen LogP contribution is -2.03. The van der Waals surface area contributed by atoms with Crippen LogP contribution in [0.25, 0.3) is 0 Å². The third-order valence-electron chi connectivity index (χ3n) is 2.75. The van der Waals surface area contributed by atoms with Crippen LogP contribution >= 0.6 is 0 Å². The maximum absolute atomic E-state index is 10.5. The van der Waals surface area contributed by atoms with E-state index < -0.39 is 10.1 Å². The Morgan fingerprint density at radius 3 is 2.39 bits per heavy atom. The second-order valence-electron chi connectivity index (χ2n) is 4.23. The van der Waals surface area contributed by atoms with Crippen LogP contribution in [0.15, 0.2) is 30.3 Å². The molecule has 18 heavy (non-hydrogen) atoms. The smallest absolute Gasteiger partial charge is 0.264 e. The van der Waals surface area contributed by atoms with E-state index in [2.05, 4.69) is 6.07 Å². The van der Waals surface area contributed by atoms with Gasteiger partial charge in [0.1, 0.15) is 0 Å². The van der Waals surface area contributed by atoms with Crippen LogP contribution in [0.4, 0.5) is 0 Å². The largest absolute Gasteiger partial charge is 0.286 e. The number of nitrogens with zero attached hydrogens (tertiary/aromatic N) is 1. The Kier molecular flexibility index (Phi) is 5.83. The van der Waals surface area contributed by atoms with Gasteiger partial charge in [0, 0.05) is 0 Å². The topological polar surface area (TPSA) is 78.2 Å². The van der Waals surface area contributed by atoms with Crippen molar-refractivity contribution in [1.82, 2.24) is 0 Å². The monoisotopic (exact) mass is 267 g/mol. The van der Waals surface area contributed by atoms with Gasteiger partial charge in [0.15, 0.2) is 0 Å². The van der Waals surface area contributed by atoms with Gasteiger partial charge in [0.2, 0.25) is 0 Å². The molecule has 1 N–H and O–H groups in total. The summed E-state index contributed by atoms with van der Waals surface area (Å²) in [6.45, 7) is 0. The zero-order valence-corrected chi connectivity index (χ0v) is 10.9. The van der Waals surface area contributed by atoms with E-state index in [9.17, 15) is 8.42 Å². The van der Waals surface area contributed by atoms with Crippen LogP contribution in [0, 0.1) is 11.3 Å². The molecule has 1 unspecified atom stereocenters. The van der Waals surface area contributed by atoms with Crippen LogP contribution in [0.2, 0.25) is 0 Å². The van der Waals surface area contributed by atoms with Crippen LogP contribution in [-0.4, -0.2) is 18.7 Å². The molecule has 0 spiro atoms. The quantitative estimate of drug-likeness (QED) is 0.608. The molecule has 1 atom stereocenters. The number of benzene rings is 1. The molecule has 0 radical (unpaired) electrons. The van der Waals surface area contributed by atoms with E-state index in [0.29, 0.717) is 19.3 Å². The van der Waals surface area contributed by atoms with Crippen LogP contribution in [0.1, 0.15) is 37.2 Å². The Morgan fingerprint density at radius 2 is 1.83 bits per heavy atom. The van der Waals surface area contributed by atoms with Gasteiger partial charge in [-0.2, -0.15) is 13.7 Å². The first-order valence-electron chi connectivity index (χ1n) is 5.92. The van der Waals surface area contributed by atoms with Crippen LogP contribution < -0.4 is 0 Å². The van der Waals surface area contributed by atoms with Crippen molar-refractivity contribution < 1.29 is 13.0 Å². The van der Waals surface area contributed by atoms with Gasteiger partial charge in [-0.15, -0.1) is 0 Å². The highest BCUT2D eigenvalue weighted by atomic mass is 32.2. The molecule has 5 heteroatoms. The fourth-order valence-corrected chi connectivity index (χ4v) is 2.37. The average molecular weight is 267 g/mol. The summed E-state index contributed by atoms with van der Waals surface area (Å²) in [5.74, 6) is -0.341. The maximum Gasteiger partial charge on any atom is 0.264 e. The fraction of sp³-hybridized carbons (Fsp3) is 0.462. The molecule has 0 amide bonds. The summed E-state index contributed by atoms with van der Waals surface area (Å²) in [5.41, 5.74) is 0.995. The summed E-state index contributed by atoms with van der Waals surface area (Å²) in [5, 5.41) is 9.08. The van der Waals surface area contributed by atoms with E-state index in [4.69, 9.17) is 9.81 Å². The zero-order valence-electron chi connectivity index (χ0n) is 10.1. The van der Waals surface area contributed by atoms with E-state index in [-0.39, 0.29) is 11.7 Å². The molecule has 0 aliphatic carbocycles. The Bertz CT molecular complexity index is 491. The lowest BCUT2D eigenvalue weighted by molar-refractivity contribution is 0.478. The molecule has 0 heterocycles.